The zero-order valence-corrected chi connectivity index (χ0v) is 9.31. The number of hydrogen-bond donors (Lipinski definition) is 2. The maximum Gasteiger partial charge on any atom is 0.314 e. The summed E-state index contributed by atoms with van der Waals surface area (Å²) in [6.07, 6.45) is 4.08. The standard InChI is InChI=1S/C11H13FN2O3/c1-13-5-3-2-4-8-6-9(12)11(15)10(7-8)14(16)17/h2,4,6-7,13,15H,3,5H2,1H3. The summed E-state index contributed by atoms with van der Waals surface area (Å²) in [7, 11) is 1.80. The smallest absolute Gasteiger partial charge is 0.314 e. The average molecular weight is 240 g/mol. The van der Waals surface area contributed by atoms with E-state index >= 15 is 0 Å². The molecule has 1 aromatic rings. The fraction of sp³-hybridized carbons (Fsp3) is 0.273. The Kier molecular flexibility index (Phi) is 4.59. The highest BCUT2D eigenvalue weighted by Gasteiger charge is 2.18. The van der Waals surface area contributed by atoms with Gasteiger partial charge in [0, 0.05) is 6.07 Å². The molecule has 5 nitrogen and oxygen atoms in total. The molecule has 0 atom stereocenters. The third-order valence-corrected chi connectivity index (χ3v) is 2.13. The van der Waals surface area contributed by atoms with Gasteiger partial charge in [-0.25, -0.2) is 4.39 Å². The fourth-order valence-corrected chi connectivity index (χ4v) is 1.29. The molecule has 0 saturated heterocycles. The van der Waals surface area contributed by atoms with Gasteiger partial charge >= 0.3 is 5.69 Å². The largest absolute Gasteiger partial charge is 0.500 e. The molecule has 0 radical (unpaired) electrons. The van der Waals surface area contributed by atoms with E-state index in [9.17, 15) is 14.5 Å². The Labute approximate surface area is 97.7 Å². The van der Waals surface area contributed by atoms with Crippen LogP contribution in [0, 0.1) is 15.9 Å². The molecule has 92 valence electrons. The van der Waals surface area contributed by atoms with Crippen molar-refractivity contribution in [3.63, 3.8) is 0 Å². The number of halogens is 1. The van der Waals surface area contributed by atoms with Crippen molar-refractivity contribution in [2.45, 2.75) is 6.42 Å². The molecule has 0 bridgehead atoms. The van der Waals surface area contributed by atoms with Gasteiger partial charge in [0.05, 0.1) is 4.92 Å². The summed E-state index contributed by atoms with van der Waals surface area (Å²) in [6.45, 7) is 0.763. The van der Waals surface area contributed by atoms with Crippen LogP contribution in [-0.2, 0) is 0 Å². The van der Waals surface area contributed by atoms with E-state index in [0.717, 1.165) is 25.1 Å². The molecule has 2 N–H and O–H groups in total. The van der Waals surface area contributed by atoms with Crippen LogP contribution in [0.3, 0.4) is 0 Å². The fourth-order valence-electron chi connectivity index (χ4n) is 1.29. The van der Waals surface area contributed by atoms with Crippen LogP contribution >= 0.6 is 0 Å². The van der Waals surface area contributed by atoms with E-state index < -0.39 is 22.2 Å². The third kappa shape index (κ3) is 3.53. The normalized spacial score (nSPS) is 10.9. The zero-order valence-electron chi connectivity index (χ0n) is 9.31. The van der Waals surface area contributed by atoms with E-state index in [0.29, 0.717) is 5.56 Å². The maximum absolute atomic E-state index is 13.2. The SMILES string of the molecule is CNCCC=Cc1cc(F)c(O)c([N+](=O)[O-])c1. The van der Waals surface area contributed by atoms with E-state index in [1.54, 1.807) is 19.2 Å². The number of phenols is 1. The van der Waals surface area contributed by atoms with Gasteiger partial charge in [-0.15, -0.1) is 0 Å². The Morgan fingerprint density at radius 2 is 2.29 bits per heavy atom. The maximum atomic E-state index is 13.2. The molecule has 17 heavy (non-hydrogen) atoms. The Morgan fingerprint density at radius 3 is 2.88 bits per heavy atom. The second-order valence-corrected chi connectivity index (χ2v) is 3.42. The molecule has 0 saturated carbocycles. The van der Waals surface area contributed by atoms with Gasteiger partial charge in [-0.3, -0.25) is 10.1 Å². The molecule has 1 rings (SSSR count). The van der Waals surface area contributed by atoms with Crippen LogP contribution in [0.5, 0.6) is 5.75 Å². The molecule has 0 aliphatic carbocycles. The summed E-state index contributed by atoms with van der Waals surface area (Å²) < 4.78 is 13.2. The van der Waals surface area contributed by atoms with E-state index in [-0.39, 0.29) is 0 Å². The topological polar surface area (TPSA) is 75.4 Å². The third-order valence-electron chi connectivity index (χ3n) is 2.13. The first-order valence-corrected chi connectivity index (χ1v) is 5.04. The molecule has 0 fully saturated rings. The predicted molar refractivity (Wildman–Crippen MR) is 62.3 cm³/mol. The van der Waals surface area contributed by atoms with Gasteiger partial charge < -0.3 is 10.4 Å². The summed E-state index contributed by atoms with van der Waals surface area (Å²) in [5.41, 5.74) is -0.277. The molecular weight excluding hydrogens is 227 g/mol. The quantitative estimate of drug-likeness (QED) is 0.469. The minimum Gasteiger partial charge on any atom is -0.500 e. The number of hydrogen-bond acceptors (Lipinski definition) is 4. The van der Waals surface area contributed by atoms with Gasteiger partial charge in [-0.05, 0) is 31.6 Å². The second-order valence-electron chi connectivity index (χ2n) is 3.42. The van der Waals surface area contributed by atoms with Crippen LogP contribution in [0.25, 0.3) is 6.08 Å². The van der Waals surface area contributed by atoms with E-state index in [4.69, 9.17) is 5.11 Å². The monoisotopic (exact) mass is 240 g/mol. The summed E-state index contributed by atoms with van der Waals surface area (Å²) in [5.74, 6) is -1.92. The molecule has 6 heteroatoms. The molecule has 0 spiro atoms. The van der Waals surface area contributed by atoms with Crippen molar-refractivity contribution in [2.75, 3.05) is 13.6 Å². The Hall–Kier alpha value is -1.95. The minimum atomic E-state index is -0.993. The van der Waals surface area contributed by atoms with Crippen molar-refractivity contribution < 1.29 is 14.4 Å². The number of rotatable bonds is 5. The van der Waals surface area contributed by atoms with Gasteiger partial charge in [-0.2, -0.15) is 0 Å². The molecular formula is C11H13FN2O3. The van der Waals surface area contributed by atoms with E-state index in [1.807, 2.05) is 0 Å². The van der Waals surface area contributed by atoms with Crippen molar-refractivity contribution in [2.24, 2.45) is 0 Å². The highest BCUT2D eigenvalue weighted by Crippen LogP contribution is 2.30. The van der Waals surface area contributed by atoms with Crippen molar-refractivity contribution >= 4 is 11.8 Å². The number of aromatic hydroxyl groups is 1. The highest BCUT2D eigenvalue weighted by atomic mass is 19.1. The van der Waals surface area contributed by atoms with Gasteiger partial charge in [0.25, 0.3) is 0 Å². The van der Waals surface area contributed by atoms with Gasteiger partial charge in [0.1, 0.15) is 0 Å². The first-order chi connectivity index (χ1) is 8.06. The Balaban J connectivity index is 2.94. The van der Waals surface area contributed by atoms with Gasteiger partial charge in [0.15, 0.2) is 5.82 Å². The predicted octanol–water partition coefficient (Wildman–Crippen LogP) is 2.06. The number of benzene rings is 1. The van der Waals surface area contributed by atoms with Crippen molar-refractivity contribution in [1.82, 2.24) is 5.32 Å². The minimum absolute atomic E-state index is 0.350. The molecule has 0 aliphatic heterocycles. The van der Waals surface area contributed by atoms with Crippen LogP contribution in [0.4, 0.5) is 10.1 Å². The molecule has 0 amide bonds. The second kappa shape index (κ2) is 5.95. The van der Waals surface area contributed by atoms with Gasteiger partial charge in [0.2, 0.25) is 5.75 Å². The molecule has 0 heterocycles. The lowest BCUT2D eigenvalue weighted by Gasteiger charge is -2.00. The van der Waals surface area contributed by atoms with Gasteiger partial charge in [-0.1, -0.05) is 12.2 Å². The summed E-state index contributed by atoms with van der Waals surface area (Å²) >= 11 is 0. The van der Waals surface area contributed by atoms with Crippen LogP contribution in [-0.4, -0.2) is 23.6 Å². The average Bonchev–Trinajstić information content (AvgIpc) is 2.28. The summed E-state index contributed by atoms with van der Waals surface area (Å²) in [5, 5.41) is 22.6. The first kappa shape index (κ1) is 13.1. The first-order valence-electron chi connectivity index (χ1n) is 5.04. The number of nitro groups is 1. The van der Waals surface area contributed by atoms with Crippen LogP contribution in [0.2, 0.25) is 0 Å². The Morgan fingerprint density at radius 1 is 1.59 bits per heavy atom. The highest BCUT2D eigenvalue weighted by molar-refractivity contribution is 5.58. The van der Waals surface area contributed by atoms with Crippen LogP contribution in [0.15, 0.2) is 18.2 Å². The van der Waals surface area contributed by atoms with Crippen LogP contribution in [0.1, 0.15) is 12.0 Å². The number of nitrogens with zero attached hydrogens (tertiary/aromatic N) is 1. The summed E-state index contributed by atoms with van der Waals surface area (Å²) in [6, 6.07) is 2.19. The molecule has 0 aliphatic rings. The van der Waals surface area contributed by atoms with E-state index in [2.05, 4.69) is 5.32 Å². The lowest BCUT2D eigenvalue weighted by atomic mass is 10.1. The van der Waals surface area contributed by atoms with E-state index in [1.165, 1.54) is 0 Å². The lowest BCUT2D eigenvalue weighted by Crippen LogP contribution is -2.05. The van der Waals surface area contributed by atoms with Crippen LogP contribution < -0.4 is 5.32 Å². The van der Waals surface area contributed by atoms with Crippen molar-refractivity contribution in [3.8, 4) is 5.75 Å². The lowest BCUT2D eigenvalue weighted by molar-refractivity contribution is -0.386. The van der Waals surface area contributed by atoms with Crippen molar-refractivity contribution in [1.29, 1.82) is 0 Å². The van der Waals surface area contributed by atoms with Crippen molar-refractivity contribution in [3.05, 3.63) is 39.7 Å². The molecule has 0 unspecified atom stereocenters. The summed E-state index contributed by atoms with van der Waals surface area (Å²) in [4.78, 5) is 9.73. The molecule has 1 aromatic carbocycles. The molecule has 0 aromatic heterocycles. The number of nitrogens with one attached hydrogen (secondary N) is 1. The number of nitro benzene ring substituents is 1. The number of phenolic OH excluding ortho intramolecular Hbond substituents is 1. The zero-order chi connectivity index (χ0) is 12.8. The Bertz CT molecular complexity index is 447.